The molecule has 3 rings (SSSR count). The standard InChI is InChI=1S/C24H24NO6P/c26-21(17-32(29,30)31)16-22(23(27)28)25-24(18-10-4-1-5-11-18,19-12-6-2-7-13-19)20-14-8-3-9-15-20/h1-15,22,25H,16-17H2,(H,27,28)(H2,29,30,31). The van der Waals surface area contributed by atoms with Crippen molar-refractivity contribution in [2.45, 2.75) is 18.0 Å². The lowest BCUT2D eigenvalue weighted by atomic mass is 9.76. The molecule has 0 radical (unpaired) electrons. The summed E-state index contributed by atoms with van der Waals surface area (Å²) in [6.07, 6.45) is -1.58. The summed E-state index contributed by atoms with van der Waals surface area (Å²) >= 11 is 0. The van der Waals surface area contributed by atoms with Gasteiger partial charge >= 0.3 is 13.6 Å². The van der Waals surface area contributed by atoms with Gasteiger partial charge in [0, 0.05) is 6.42 Å². The van der Waals surface area contributed by atoms with E-state index < -0.39 is 43.5 Å². The molecule has 0 aliphatic carbocycles. The number of carbonyl (C=O) groups excluding carboxylic acids is 1. The zero-order chi connectivity index (χ0) is 23.2. The topological polar surface area (TPSA) is 124 Å². The minimum Gasteiger partial charge on any atom is -0.480 e. The lowest BCUT2D eigenvalue weighted by Crippen LogP contribution is -2.53. The van der Waals surface area contributed by atoms with E-state index in [1.165, 1.54) is 0 Å². The van der Waals surface area contributed by atoms with E-state index in [4.69, 9.17) is 9.79 Å². The van der Waals surface area contributed by atoms with Crippen molar-refractivity contribution in [1.29, 1.82) is 0 Å². The predicted octanol–water partition coefficient (Wildman–Crippen LogP) is 3.16. The Morgan fingerprint density at radius 3 is 1.47 bits per heavy atom. The van der Waals surface area contributed by atoms with Crippen LogP contribution in [0.5, 0.6) is 0 Å². The highest BCUT2D eigenvalue weighted by Crippen LogP contribution is 2.38. The molecular formula is C24H24NO6P. The van der Waals surface area contributed by atoms with Crippen molar-refractivity contribution in [3.63, 3.8) is 0 Å². The van der Waals surface area contributed by atoms with Crippen LogP contribution >= 0.6 is 7.60 Å². The fourth-order valence-corrected chi connectivity index (χ4v) is 4.39. The summed E-state index contributed by atoms with van der Waals surface area (Å²) in [5.74, 6) is -2.13. The van der Waals surface area contributed by atoms with Crippen LogP contribution in [0.2, 0.25) is 0 Å². The van der Waals surface area contributed by atoms with Gasteiger partial charge in [0.1, 0.15) is 18.0 Å². The molecule has 0 amide bonds. The Morgan fingerprint density at radius 2 is 1.16 bits per heavy atom. The van der Waals surface area contributed by atoms with Crippen molar-refractivity contribution in [3.8, 4) is 0 Å². The van der Waals surface area contributed by atoms with Crippen LogP contribution in [0.25, 0.3) is 0 Å². The van der Waals surface area contributed by atoms with E-state index in [1.807, 2.05) is 91.0 Å². The van der Waals surface area contributed by atoms with E-state index in [0.29, 0.717) is 0 Å². The molecule has 0 spiro atoms. The SMILES string of the molecule is O=C(CC(NC(c1ccccc1)(c1ccccc1)c1ccccc1)C(=O)O)CP(=O)(O)O. The third-order valence-electron chi connectivity index (χ3n) is 5.12. The number of ketones is 1. The molecule has 0 aliphatic rings. The summed E-state index contributed by atoms with van der Waals surface area (Å²) in [5.41, 5.74) is 1.14. The van der Waals surface area contributed by atoms with E-state index in [2.05, 4.69) is 5.32 Å². The van der Waals surface area contributed by atoms with Crippen molar-refractivity contribution in [2.24, 2.45) is 0 Å². The van der Waals surface area contributed by atoms with Crippen LogP contribution in [-0.4, -0.2) is 38.8 Å². The Bertz CT molecular complexity index is 1000. The van der Waals surface area contributed by atoms with Crippen LogP contribution in [-0.2, 0) is 19.7 Å². The number of hydrogen-bond acceptors (Lipinski definition) is 4. The van der Waals surface area contributed by atoms with E-state index in [1.54, 1.807) is 0 Å². The monoisotopic (exact) mass is 453 g/mol. The number of hydrogen-bond donors (Lipinski definition) is 4. The van der Waals surface area contributed by atoms with Crippen molar-refractivity contribution >= 4 is 19.3 Å². The summed E-state index contributed by atoms with van der Waals surface area (Å²) in [7, 11) is -4.60. The van der Waals surface area contributed by atoms with Gasteiger partial charge in [0.25, 0.3) is 0 Å². The second-order valence-electron chi connectivity index (χ2n) is 7.45. The minimum absolute atomic E-state index is 0.575. The maximum atomic E-state index is 12.3. The number of aliphatic carboxylic acids is 1. The van der Waals surface area contributed by atoms with Crippen LogP contribution in [0.1, 0.15) is 23.1 Å². The second kappa shape index (κ2) is 10.0. The van der Waals surface area contributed by atoms with Gasteiger partial charge in [-0.25, -0.2) is 0 Å². The summed E-state index contributed by atoms with van der Waals surface area (Å²) < 4.78 is 11.2. The lowest BCUT2D eigenvalue weighted by molar-refractivity contribution is -0.141. The van der Waals surface area contributed by atoms with Gasteiger partial charge in [-0.15, -0.1) is 0 Å². The van der Waals surface area contributed by atoms with Gasteiger partial charge in [-0.3, -0.25) is 19.5 Å². The molecule has 0 aliphatic heterocycles. The molecule has 0 heterocycles. The molecule has 4 N–H and O–H groups in total. The average molecular weight is 453 g/mol. The first kappa shape index (κ1) is 23.6. The summed E-state index contributed by atoms with van der Waals surface area (Å²) in [6.45, 7) is 0. The van der Waals surface area contributed by atoms with Crippen LogP contribution in [0.3, 0.4) is 0 Å². The zero-order valence-electron chi connectivity index (χ0n) is 17.2. The molecule has 8 heteroatoms. The van der Waals surface area contributed by atoms with Crippen LogP contribution in [0.4, 0.5) is 0 Å². The summed E-state index contributed by atoms with van der Waals surface area (Å²) in [4.78, 5) is 42.7. The lowest BCUT2D eigenvalue weighted by Gasteiger charge is -2.39. The average Bonchev–Trinajstić information content (AvgIpc) is 2.77. The highest BCUT2D eigenvalue weighted by atomic mass is 31.2. The van der Waals surface area contributed by atoms with Crippen LogP contribution < -0.4 is 5.32 Å². The smallest absolute Gasteiger partial charge is 0.332 e. The number of carboxylic acids is 1. The first-order valence-electron chi connectivity index (χ1n) is 9.96. The van der Waals surface area contributed by atoms with E-state index in [9.17, 15) is 19.3 Å². The normalized spacial score (nSPS) is 12.8. The Kier molecular flexibility index (Phi) is 7.38. The Labute approximate surface area is 185 Å². The van der Waals surface area contributed by atoms with E-state index in [-0.39, 0.29) is 0 Å². The highest BCUT2D eigenvalue weighted by molar-refractivity contribution is 7.52. The highest BCUT2D eigenvalue weighted by Gasteiger charge is 2.40. The molecule has 166 valence electrons. The fraction of sp³-hybridized carbons (Fsp3) is 0.167. The summed E-state index contributed by atoms with van der Waals surface area (Å²) in [6, 6.07) is 26.4. The Hall–Kier alpha value is -3.09. The molecule has 32 heavy (non-hydrogen) atoms. The van der Waals surface area contributed by atoms with Gasteiger partial charge in [0.15, 0.2) is 0 Å². The van der Waals surface area contributed by atoms with Gasteiger partial charge < -0.3 is 14.9 Å². The third-order valence-corrected chi connectivity index (χ3v) is 5.89. The number of carboxylic acid groups (broad SMARTS) is 1. The maximum absolute atomic E-state index is 12.3. The number of nitrogens with one attached hydrogen (secondary N) is 1. The molecule has 3 aromatic carbocycles. The minimum atomic E-state index is -4.60. The van der Waals surface area contributed by atoms with Gasteiger partial charge in [-0.05, 0) is 16.7 Å². The van der Waals surface area contributed by atoms with Gasteiger partial charge in [-0.2, -0.15) is 0 Å². The van der Waals surface area contributed by atoms with Crippen molar-refractivity contribution < 1.29 is 29.0 Å². The molecule has 3 aromatic rings. The molecular weight excluding hydrogens is 429 g/mol. The van der Waals surface area contributed by atoms with Crippen LogP contribution in [0.15, 0.2) is 91.0 Å². The molecule has 7 nitrogen and oxygen atoms in total. The van der Waals surface area contributed by atoms with Gasteiger partial charge in [0.05, 0.1) is 5.54 Å². The zero-order valence-corrected chi connectivity index (χ0v) is 18.1. The molecule has 0 fully saturated rings. The first-order chi connectivity index (χ1) is 15.2. The first-order valence-corrected chi connectivity index (χ1v) is 11.8. The Morgan fingerprint density at radius 1 is 0.781 bits per heavy atom. The molecule has 1 atom stereocenters. The number of benzene rings is 3. The van der Waals surface area contributed by atoms with Crippen molar-refractivity contribution in [1.82, 2.24) is 5.32 Å². The molecule has 0 bridgehead atoms. The Balaban J connectivity index is 2.16. The van der Waals surface area contributed by atoms with E-state index >= 15 is 0 Å². The molecule has 0 saturated carbocycles. The number of Topliss-reactive ketones (excluding diaryl/α,β-unsaturated/α-hetero) is 1. The maximum Gasteiger partial charge on any atom is 0.332 e. The quantitative estimate of drug-likeness (QED) is 0.275. The fourth-order valence-electron chi connectivity index (χ4n) is 3.80. The second-order valence-corrected chi connectivity index (χ2v) is 9.09. The van der Waals surface area contributed by atoms with Crippen molar-refractivity contribution in [3.05, 3.63) is 108 Å². The third kappa shape index (κ3) is 5.58. The number of carbonyl (C=O) groups is 2. The number of rotatable bonds is 10. The molecule has 0 saturated heterocycles. The van der Waals surface area contributed by atoms with Crippen molar-refractivity contribution in [2.75, 3.05) is 6.16 Å². The van der Waals surface area contributed by atoms with Gasteiger partial charge in [-0.1, -0.05) is 91.0 Å². The van der Waals surface area contributed by atoms with Crippen LogP contribution in [0, 0.1) is 0 Å². The van der Waals surface area contributed by atoms with E-state index in [0.717, 1.165) is 16.7 Å². The molecule has 1 unspecified atom stereocenters. The molecule has 0 aromatic heterocycles. The van der Waals surface area contributed by atoms with Gasteiger partial charge in [0.2, 0.25) is 0 Å². The largest absolute Gasteiger partial charge is 0.480 e. The predicted molar refractivity (Wildman–Crippen MR) is 120 cm³/mol. The summed E-state index contributed by atoms with van der Waals surface area (Å²) in [5, 5.41) is 13.1.